The van der Waals surface area contributed by atoms with Crippen LogP contribution in [0.25, 0.3) is 0 Å². The molecule has 0 amide bonds. The maximum absolute atomic E-state index is 9.05. The smallest absolute Gasteiger partial charge is 0.0636 e. The van der Waals surface area contributed by atoms with Crippen molar-refractivity contribution in [3.63, 3.8) is 0 Å². The molecule has 0 aliphatic rings. The third-order valence-electron chi connectivity index (χ3n) is 1.88. The van der Waals surface area contributed by atoms with E-state index in [2.05, 4.69) is 16.7 Å². The minimum Gasteiger partial charge on any atom is -0.410 e. The largest absolute Gasteiger partial charge is 0.410 e. The summed E-state index contributed by atoms with van der Waals surface area (Å²) in [5, 5.41) is 15.2. The van der Waals surface area contributed by atoms with Gasteiger partial charge < -0.3 is 15.7 Å². The Labute approximate surface area is 115 Å². The molecule has 0 saturated carbocycles. The van der Waals surface area contributed by atoms with E-state index in [0.717, 1.165) is 17.8 Å². The first-order chi connectivity index (χ1) is 6.72. The van der Waals surface area contributed by atoms with Gasteiger partial charge in [0.1, 0.15) is 0 Å². The zero-order valence-corrected chi connectivity index (χ0v) is 13.3. The van der Waals surface area contributed by atoms with Gasteiger partial charge in [-0.1, -0.05) is 5.69 Å². The van der Waals surface area contributed by atoms with Crippen LogP contribution in [-0.2, 0) is 6.54 Å². The number of hydrogen-bond donors (Lipinski definition) is 3. The van der Waals surface area contributed by atoms with E-state index in [4.69, 9.17) is 5.11 Å². The maximum Gasteiger partial charge on any atom is 0.0636 e. The number of hydrogen-bond acceptors (Lipinski definition) is 3. The van der Waals surface area contributed by atoms with Crippen LogP contribution >= 0.6 is 0 Å². The Morgan fingerprint density at radius 3 is 2.80 bits per heavy atom. The summed E-state index contributed by atoms with van der Waals surface area (Å²) in [6.07, 6.45) is -0.303. The van der Waals surface area contributed by atoms with Gasteiger partial charge in [-0.2, -0.15) is 18.2 Å². The molecule has 4 heteroatoms. The minimum atomic E-state index is -0.303. The average Bonchev–Trinajstić information content (AvgIpc) is 2.18. The molecule has 0 spiro atoms. The summed E-state index contributed by atoms with van der Waals surface area (Å²) in [6, 6.07) is 9.18. The maximum atomic E-state index is 9.05. The Bertz CT molecular complexity index is 279. The van der Waals surface area contributed by atoms with Crippen LogP contribution in [0.1, 0.15) is 12.5 Å². The van der Waals surface area contributed by atoms with E-state index in [1.54, 1.807) is 6.92 Å². The summed E-state index contributed by atoms with van der Waals surface area (Å²) >= 11 is 0. The summed E-state index contributed by atoms with van der Waals surface area (Å²) < 4.78 is 0. The normalized spacial score (nSPS) is 11.7. The molecule has 1 aromatic carbocycles. The number of nitrogens with one attached hydrogen (secondary N) is 2. The second-order valence-corrected chi connectivity index (χ2v) is 3.32. The first kappa shape index (κ1) is 15.0. The van der Waals surface area contributed by atoms with Crippen LogP contribution in [0.15, 0.2) is 18.2 Å². The van der Waals surface area contributed by atoms with E-state index >= 15 is 0 Å². The second-order valence-electron chi connectivity index (χ2n) is 3.32. The van der Waals surface area contributed by atoms with Gasteiger partial charge in [0.05, 0.1) is 6.10 Å². The van der Waals surface area contributed by atoms with Crippen LogP contribution in [0.5, 0.6) is 0 Å². The summed E-state index contributed by atoms with van der Waals surface area (Å²) in [7, 11) is 1.87. The molecule has 3 N–H and O–H groups in total. The van der Waals surface area contributed by atoms with Gasteiger partial charge in [-0.3, -0.25) is 0 Å². The molecule has 0 saturated heterocycles. The molecule has 1 atom stereocenters. The minimum absolute atomic E-state index is 0. The van der Waals surface area contributed by atoms with Gasteiger partial charge in [-0.25, -0.2) is 0 Å². The average molecular weight is 431 g/mol. The number of aliphatic hydroxyl groups is 1. The third-order valence-corrected chi connectivity index (χ3v) is 1.88. The molecule has 0 bridgehead atoms. The molecule has 0 aliphatic heterocycles. The van der Waals surface area contributed by atoms with Crippen molar-refractivity contribution in [3.8, 4) is 0 Å². The molecule has 0 aromatic heterocycles. The third kappa shape index (κ3) is 6.22. The fraction of sp³-hybridized carbons (Fsp3) is 0.455. The molecule has 0 radical (unpaired) electrons. The van der Waals surface area contributed by atoms with Crippen molar-refractivity contribution in [2.45, 2.75) is 19.6 Å². The molecule has 15 heavy (non-hydrogen) atoms. The van der Waals surface area contributed by atoms with Gasteiger partial charge in [-0.15, -0.1) is 11.6 Å². The molecule has 82 valence electrons. The number of benzene rings is 1. The van der Waals surface area contributed by atoms with Crippen LogP contribution in [-0.4, -0.2) is 24.8 Å². The topological polar surface area (TPSA) is 44.3 Å². The van der Waals surface area contributed by atoms with Crippen molar-refractivity contribution in [2.24, 2.45) is 0 Å². The van der Waals surface area contributed by atoms with Crippen molar-refractivity contribution in [1.29, 1.82) is 0 Å². The molecule has 0 unspecified atom stereocenters. The van der Waals surface area contributed by atoms with Crippen LogP contribution in [0, 0.1) is 37.2 Å². The van der Waals surface area contributed by atoms with Gasteiger partial charge in [0.25, 0.3) is 0 Å². The molecular formula is C11H17N2OU-. The van der Waals surface area contributed by atoms with Crippen molar-refractivity contribution in [3.05, 3.63) is 29.8 Å². The second kappa shape index (κ2) is 8.18. The molecule has 0 heterocycles. The van der Waals surface area contributed by atoms with Gasteiger partial charge in [0.2, 0.25) is 0 Å². The first-order valence-corrected chi connectivity index (χ1v) is 4.80. The van der Waals surface area contributed by atoms with Crippen molar-refractivity contribution >= 4 is 5.69 Å². The monoisotopic (exact) mass is 431 g/mol. The van der Waals surface area contributed by atoms with Crippen LogP contribution in [0.3, 0.4) is 0 Å². The predicted octanol–water partition coefficient (Wildman–Crippen LogP) is 0.999. The number of anilines is 1. The molecular weight excluding hydrogens is 414 g/mol. The van der Waals surface area contributed by atoms with Crippen molar-refractivity contribution < 1.29 is 36.2 Å². The van der Waals surface area contributed by atoms with E-state index in [1.165, 1.54) is 0 Å². The van der Waals surface area contributed by atoms with Gasteiger partial charge in [0.15, 0.2) is 0 Å². The molecule has 0 aliphatic carbocycles. The van der Waals surface area contributed by atoms with E-state index in [-0.39, 0.29) is 37.2 Å². The quantitative estimate of drug-likeness (QED) is 0.610. The van der Waals surface area contributed by atoms with Crippen LogP contribution in [0.4, 0.5) is 5.69 Å². The molecule has 1 aromatic rings. The Hall–Kier alpha value is -0.00805. The predicted molar refractivity (Wildman–Crippen MR) is 58.2 cm³/mol. The summed E-state index contributed by atoms with van der Waals surface area (Å²) in [4.78, 5) is 0. The van der Waals surface area contributed by atoms with Crippen LogP contribution in [0.2, 0.25) is 0 Å². The van der Waals surface area contributed by atoms with Crippen LogP contribution < -0.4 is 10.6 Å². The standard InChI is InChI=1S/C11H17N2O.U/c1-9(14)7-13-8-10-4-3-5-11(6-10)12-2;/h3-5,9,12-14H,7-8H2,1-2H3;/q-1;/t9-;/m1./s1. The SMILES string of the molecule is CNc1[c-]c(CNC[C@@H](C)O)ccc1.[U]. The summed E-state index contributed by atoms with van der Waals surface area (Å²) in [6.45, 7) is 3.11. The Kier molecular flexibility index (Phi) is 8.18. The van der Waals surface area contributed by atoms with E-state index in [9.17, 15) is 0 Å². The summed E-state index contributed by atoms with van der Waals surface area (Å²) in [5.41, 5.74) is 2.08. The Morgan fingerprint density at radius 2 is 2.20 bits per heavy atom. The van der Waals surface area contributed by atoms with E-state index in [0.29, 0.717) is 6.54 Å². The summed E-state index contributed by atoms with van der Waals surface area (Å²) in [5.74, 6) is 0. The Morgan fingerprint density at radius 1 is 1.47 bits per heavy atom. The first-order valence-electron chi connectivity index (χ1n) is 4.80. The molecule has 3 nitrogen and oxygen atoms in total. The van der Waals surface area contributed by atoms with Gasteiger partial charge >= 0.3 is 0 Å². The van der Waals surface area contributed by atoms with Crippen molar-refractivity contribution in [1.82, 2.24) is 5.32 Å². The van der Waals surface area contributed by atoms with E-state index < -0.39 is 0 Å². The Balaban J connectivity index is 0.00000196. The molecule has 0 fully saturated rings. The fourth-order valence-corrected chi connectivity index (χ4v) is 1.18. The molecule has 1 rings (SSSR count). The number of rotatable bonds is 5. The van der Waals surface area contributed by atoms with E-state index in [1.807, 2.05) is 25.2 Å². The zero-order chi connectivity index (χ0) is 10.4. The number of aliphatic hydroxyl groups excluding tert-OH is 1. The van der Waals surface area contributed by atoms with Gasteiger partial charge in [-0.05, 0) is 13.5 Å². The van der Waals surface area contributed by atoms with Crippen molar-refractivity contribution in [2.75, 3.05) is 18.9 Å². The van der Waals surface area contributed by atoms with Gasteiger partial charge in [0, 0.05) is 44.7 Å². The fourth-order valence-electron chi connectivity index (χ4n) is 1.18. The zero-order valence-electron chi connectivity index (χ0n) is 9.17.